The number of nitrogens with one attached hydrogen (secondary N) is 1. The van der Waals surface area contributed by atoms with E-state index in [-0.39, 0.29) is 11.9 Å². The largest absolute Gasteiger partial charge is 0.378 e. The molecule has 1 aliphatic rings. The summed E-state index contributed by atoms with van der Waals surface area (Å²) in [5.74, 6) is -0.155. The summed E-state index contributed by atoms with van der Waals surface area (Å²) in [4.78, 5) is 14.2. The van der Waals surface area contributed by atoms with E-state index < -0.39 is 0 Å². The van der Waals surface area contributed by atoms with Crippen LogP contribution in [-0.4, -0.2) is 50.2 Å². The molecule has 0 saturated carbocycles. The molecule has 1 aromatic carbocycles. The Hall–Kier alpha value is -0.810. The number of benzene rings is 1. The molecule has 1 aliphatic heterocycles. The molecule has 4 nitrogen and oxygen atoms in total. The van der Waals surface area contributed by atoms with Crippen molar-refractivity contribution in [3.8, 4) is 0 Å². The number of halogens is 2. The van der Waals surface area contributed by atoms with Crippen molar-refractivity contribution in [2.75, 3.05) is 33.4 Å². The lowest BCUT2D eigenvalue weighted by Crippen LogP contribution is -2.49. The van der Waals surface area contributed by atoms with Crippen LogP contribution in [0.2, 0.25) is 10.0 Å². The molecular weight excluding hydrogens is 287 g/mol. The van der Waals surface area contributed by atoms with Crippen LogP contribution in [0.1, 0.15) is 10.4 Å². The smallest absolute Gasteiger partial charge is 0.251 e. The zero-order valence-electron chi connectivity index (χ0n) is 10.7. The summed E-state index contributed by atoms with van der Waals surface area (Å²) in [6, 6.07) is 5.06. The van der Waals surface area contributed by atoms with Crippen molar-refractivity contribution in [1.82, 2.24) is 10.2 Å². The Balaban J connectivity index is 1.91. The third kappa shape index (κ3) is 3.83. The second-order valence-electron chi connectivity index (χ2n) is 4.55. The standard InChI is InChI=1S/C13H16Cl2N2O2/c1-17-4-5-19-8-10(17)7-16-13(18)9-2-3-11(14)12(15)6-9/h2-3,6,10H,4-5,7-8H2,1H3,(H,16,18). The molecule has 1 saturated heterocycles. The van der Waals surface area contributed by atoms with Gasteiger partial charge in [0, 0.05) is 18.7 Å². The highest BCUT2D eigenvalue weighted by Gasteiger charge is 2.20. The molecule has 0 aromatic heterocycles. The van der Waals surface area contributed by atoms with Crippen LogP contribution in [-0.2, 0) is 4.74 Å². The summed E-state index contributed by atoms with van der Waals surface area (Å²) in [6.45, 7) is 2.81. The van der Waals surface area contributed by atoms with E-state index in [1.807, 2.05) is 7.05 Å². The molecule has 1 aromatic rings. The van der Waals surface area contributed by atoms with Gasteiger partial charge in [-0.3, -0.25) is 9.69 Å². The minimum Gasteiger partial charge on any atom is -0.378 e. The second kappa shape index (κ2) is 6.57. The topological polar surface area (TPSA) is 41.6 Å². The van der Waals surface area contributed by atoms with Gasteiger partial charge in [0.05, 0.1) is 29.3 Å². The number of ether oxygens (including phenoxy) is 1. The van der Waals surface area contributed by atoms with Crippen molar-refractivity contribution in [2.45, 2.75) is 6.04 Å². The van der Waals surface area contributed by atoms with Crippen LogP contribution in [0.5, 0.6) is 0 Å². The lowest BCUT2D eigenvalue weighted by Gasteiger charge is -2.32. The third-order valence-electron chi connectivity index (χ3n) is 3.20. The molecule has 1 heterocycles. The van der Waals surface area contributed by atoms with Gasteiger partial charge in [0.15, 0.2) is 0 Å². The molecule has 0 bridgehead atoms. The van der Waals surface area contributed by atoms with Gasteiger partial charge in [0.2, 0.25) is 0 Å². The Kier molecular flexibility index (Phi) is 5.05. The number of carbonyl (C=O) groups excluding carboxylic acids is 1. The second-order valence-corrected chi connectivity index (χ2v) is 5.36. The van der Waals surface area contributed by atoms with Crippen molar-refractivity contribution in [3.05, 3.63) is 33.8 Å². The number of rotatable bonds is 3. The molecular formula is C13H16Cl2N2O2. The summed E-state index contributed by atoms with van der Waals surface area (Å²) in [7, 11) is 2.03. The predicted octanol–water partition coefficient (Wildman–Crippen LogP) is 2.05. The van der Waals surface area contributed by atoms with Gasteiger partial charge in [-0.1, -0.05) is 23.2 Å². The van der Waals surface area contributed by atoms with Gasteiger partial charge in [-0.25, -0.2) is 0 Å². The normalized spacial score (nSPS) is 20.3. The summed E-state index contributed by atoms with van der Waals surface area (Å²) in [5, 5.41) is 3.71. The van der Waals surface area contributed by atoms with Crippen LogP contribution in [0.15, 0.2) is 18.2 Å². The maximum atomic E-state index is 12.0. The summed E-state index contributed by atoms with van der Waals surface area (Å²) in [5.41, 5.74) is 0.508. The van der Waals surface area contributed by atoms with E-state index in [1.165, 1.54) is 0 Å². The van der Waals surface area contributed by atoms with Crippen molar-refractivity contribution in [2.24, 2.45) is 0 Å². The molecule has 1 amide bonds. The van der Waals surface area contributed by atoms with E-state index >= 15 is 0 Å². The number of morpholine rings is 1. The highest BCUT2D eigenvalue weighted by molar-refractivity contribution is 6.42. The number of hydrogen-bond acceptors (Lipinski definition) is 3. The molecule has 0 aliphatic carbocycles. The first-order chi connectivity index (χ1) is 9.08. The van der Waals surface area contributed by atoms with E-state index in [4.69, 9.17) is 27.9 Å². The minimum atomic E-state index is -0.155. The van der Waals surface area contributed by atoms with Crippen LogP contribution in [0.3, 0.4) is 0 Å². The Bertz CT molecular complexity index is 468. The lowest BCUT2D eigenvalue weighted by atomic mass is 10.2. The summed E-state index contributed by atoms with van der Waals surface area (Å²) < 4.78 is 5.39. The monoisotopic (exact) mass is 302 g/mol. The third-order valence-corrected chi connectivity index (χ3v) is 3.94. The Morgan fingerprint density at radius 1 is 1.47 bits per heavy atom. The molecule has 0 radical (unpaired) electrons. The number of hydrogen-bond donors (Lipinski definition) is 1. The van der Waals surface area contributed by atoms with E-state index in [2.05, 4.69) is 10.2 Å². The van der Waals surface area contributed by atoms with Crippen LogP contribution in [0.25, 0.3) is 0 Å². The maximum absolute atomic E-state index is 12.0. The summed E-state index contributed by atoms with van der Waals surface area (Å²) >= 11 is 11.7. The van der Waals surface area contributed by atoms with Gasteiger partial charge in [0.25, 0.3) is 5.91 Å². The average Bonchev–Trinajstić information content (AvgIpc) is 2.40. The van der Waals surface area contributed by atoms with Gasteiger partial charge < -0.3 is 10.1 Å². The van der Waals surface area contributed by atoms with E-state index in [9.17, 15) is 4.79 Å². The Morgan fingerprint density at radius 2 is 2.26 bits per heavy atom. The molecule has 1 N–H and O–H groups in total. The fourth-order valence-corrected chi connectivity index (χ4v) is 2.20. The van der Waals surface area contributed by atoms with Crippen LogP contribution in [0, 0.1) is 0 Å². The fraction of sp³-hybridized carbons (Fsp3) is 0.462. The zero-order valence-corrected chi connectivity index (χ0v) is 12.2. The SMILES string of the molecule is CN1CCOCC1CNC(=O)c1ccc(Cl)c(Cl)c1. The van der Waals surface area contributed by atoms with Crippen LogP contribution < -0.4 is 5.32 Å². The van der Waals surface area contributed by atoms with Gasteiger partial charge in [-0.2, -0.15) is 0 Å². The predicted molar refractivity (Wildman–Crippen MR) is 76.0 cm³/mol. The van der Waals surface area contributed by atoms with Gasteiger partial charge in [0.1, 0.15) is 0 Å². The zero-order chi connectivity index (χ0) is 13.8. The highest BCUT2D eigenvalue weighted by atomic mass is 35.5. The number of carbonyl (C=O) groups is 1. The number of amides is 1. The minimum absolute atomic E-state index is 0.155. The first-order valence-corrected chi connectivity index (χ1v) is 6.85. The Morgan fingerprint density at radius 3 is 2.95 bits per heavy atom. The fourth-order valence-electron chi connectivity index (χ4n) is 1.90. The van der Waals surface area contributed by atoms with Crippen molar-refractivity contribution >= 4 is 29.1 Å². The van der Waals surface area contributed by atoms with Crippen LogP contribution in [0.4, 0.5) is 0 Å². The molecule has 1 fully saturated rings. The number of likely N-dealkylation sites (N-methyl/N-ethyl adjacent to an activating group) is 1. The molecule has 1 atom stereocenters. The van der Waals surface area contributed by atoms with E-state index in [0.29, 0.717) is 28.8 Å². The molecule has 19 heavy (non-hydrogen) atoms. The van der Waals surface area contributed by atoms with Crippen molar-refractivity contribution in [1.29, 1.82) is 0 Å². The van der Waals surface area contributed by atoms with E-state index in [0.717, 1.165) is 13.2 Å². The molecule has 2 rings (SSSR count). The number of nitrogens with zero attached hydrogens (tertiary/aromatic N) is 1. The van der Waals surface area contributed by atoms with Gasteiger partial charge in [-0.05, 0) is 25.2 Å². The Labute approximate surface area is 122 Å². The maximum Gasteiger partial charge on any atom is 0.251 e. The highest BCUT2D eigenvalue weighted by Crippen LogP contribution is 2.22. The van der Waals surface area contributed by atoms with Crippen LogP contribution >= 0.6 is 23.2 Å². The van der Waals surface area contributed by atoms with Gasteiger partial charge in [-0.15, -0.1) is 0 Å². The molecule has 0 spiro atoms. The first-order valence-electron chi connectivity index (χ1n) is 6.09. The lowest BCUT2D eigenvalue weighted by molar-refractivity contribution is 0.00668. The molecule has 1 unspecified atom stereocenters. The quantitative estimate of drug-likeness (QED) is 0.929. The van der Waals surface area contributed by atoms with Crippen molar-refractivity contribution in [3.63, 3.8) is 0 Å². The molecule has 104 valence electrons. The summed E-state index contributed by atoms with van der Waals surface area (Å²) in [6.07, 6.45) is 0. The first kappa shape index (κ1) is 14.6. The average molecular weight is 303 g/mol. The van der Waals surface area contributed by atoms with Crippen molar-refractivity contribution < 1.29 is 9.53 Å². The van der Waals surface area contributed by atoms with E-state index in [1.54, 1.807) is 18.2 Å². The van der Waals surface area contributed by atoms with Gasteiger partial charge >= 0.3 is 0 Å². The molecule has 6 heteroatoms.